The van der Waals surface area contributed by atoms with Crippen molar-refractivity contribution in [2.45, 2.75) is 6.43 Å². The largest absolute Gasteiger partial charge is 0.504 e. The van der Waals surface area contributed by atoms with Gasteiger partial charge in [-0.05, 0) is 0 Å². The van der Waals surface area contributed by atoms with Crippen LogP contribution in [0.2, 0.25) is 5.02 Å². The summed E-state index contributed by atoms with van der Waals surface area (Å²) in [6, 6.07) is 0. The quantitative estimate of drug-likeness (QED) is 0.805. The first-order chi connectivity index (χ1) is 6.45. The monoisotopic (exact) mass is 223 g/mol. The number of aromatic carboxylic acids is 1. The van der Waals surface area contributed by atoms with Crippen molar-refractivity contribution in [1.29, 1.82) is 0 Å². The summed E-state index contributed by atoms with van der Waals surface area (Å²) in [6.07, 6.45) is -2.29. The molecule has 0 aliphatic heterocycles. The van der Waals surface area contributed by atoms with Gasteiger partial charge in [0, 0.05) is 6.20 Å². The fraction of sp³-hybridized carbons (Fsp3) is 0.143. The molecule has 1 rings (SSSR count). The van der Waals surface area contributed by atoms with E-state index >= 15 is 0 Å². The number of pyridine rings is 1. The summed E-state index contributed by atoms with van der Waals surface area (Å²) in [5.74, 6) is -2.48. The average molecular weight is 224 g/mol. The number of aromatic hydroxyl groups is 1. The van der Waals surface area contributed by atoms with Gasteiger partial charge in [0.05, 0.1) is 10.6 Å². The Labute approximate surface area is 81.8 Å². The number of rotatable bonds is 2. The Morgan fingerprint density at radius 2 is 2.14 bits per heavy atom. The molecule has 0 saturated carbocycles. The van der Waals surface area contributed by atoms with Crippen LogP contribution in [0, 0.1) is 0 Å². The van der Waals surface area contributed by atoms with E-state index < -0.39 is 34.4 Å². The number of hydrogen-bond donors (Lipinski definition) is 2. The lowest BCUT2D eigenvalue weighted by molar-refractivity contribution is 0.0686. The summed E-state index contributed by atoms with van der Waals surface area (Å²) in [7, 11) is 0. The highest BCUT2D eigenvalue weighted by atomic mass is 35.5. The maximum Gasteiger partial charge on any atom is 0.358 e. The Morgan fingerprint density at radius 3 is 2.57 bits per heavy atom. The Balaban J connectivity index is 3.33. The highest BCUT2D eigenvalue weighted by molar-refractivity contribution is 6.33. The number of nitrogens with zero attached hydrogens (tertiary/aromatic N) is 1. The third kappa shape index (κ3) is 1.74. The fourth-order valence-corrected chi connectivity index (χ4v) is 1.02. The van der Waals surface area contributed by atoms with Crippen molar-refractivity contribution in [2.24, 2.45) is 0 Å². The second-order valence-corrected chi connectivity index (χ2v) is 2.71. The highest BCUT2D eigenvalue weighted by Crippen LogP contribution is 2.34. The average Bonchev–Trinajstić information content (AvgIpc) is 2.08. The highest BCUT2D eigenvalue weighted by Gasteiger charge is 2.21. The summed E-state index contributed by atoms with van der Waals surface area (Å²) < 4.78 is 24.3. The van der Waals surface area contributed by atoms with Crippen LogP contribution in [-0.4, -0.2) is 21.2 Å². The van der Waals surface area contributed by atoms with Gasteiger partial charge < -0.3 is 10.2 Å². The number of halogens is 3. The van der Waals surface area contributed by atoms with Crippen molar-refractivity contribution < 1.29 is 23.8 Å². The lowest BCUT2D eigenvalue weighted by Crippen LogP contribution is -2.02. The molecule has 7 heteroatoms. The summed E-state index contributed by atoms with van der Waals surface area (Å²) in [5.41, 5.74) is -1.45. The molecule has 0 aromatic carbocycles. The van der Waals surface area contributed by atoms with Crippen LogP contribution in [0.1, 0.15) is 22.5 Å². The summed E-state index contributed by atoms with van der Waals surface area (Å²) in [6.45, 7) is 0. The number of aromatic nitrogens is 1. The minimum atomic E-state index is -2.91. The third-order valence-electron chi connectivity index (χ3n) is 1.46. The summed E-state index contributed by atoms with van der Waals surface area (Å²) >= 11 is 5.30. The molecule has 76 valence electrons. The molecule has 1 aromatic heterocycles. The number of hydrogen-bond acceptors (Lipinski definition) is 3. The molecule has 0 radical (unpaired) electrons. The van der Waals surface area contributed by atoms with Crippen LogP contribution in [0.3, 0.4) is 0 Å². The molecule has 0 spiro atoms. The molecular formula is C7H4ClF2NO3. The van der Waals surface area contributed by atoms with E-state index in [-0.39, 0.29) is 0 Å². The minimum Gasteiger partial charge on any atom is -0.504 e. The van der Waals surface area contributed by atoms with Crippen LogP contribution in [0.5, 0.6) is 5.75 Å². The van der Waals surface area contributed by atoms with Gasteiger partial charge >= 0.3 is 5.97 Å². The molecule has 0 saturated heterocycles. The van der Waals surface area contributed by atoms with Crippen LogP contribution in [-0.2, 0) is 0 Å². The zero-order valence-electron chi connectivity index (χ0n) is 6.54. The van der Waals surface area contributed by atoms with E-state index in [0.717, 1.165) is 0 Å². The van der Waals surface area contributed by atoms with E-state index in [1.54, 1.807) is 0 Å². The Morgan fingerprint density at radius 1 is 1.57 bits per heavy atom. The van der Waals surface area contributed by atoms with Crippen LogP contribution in [0.25, 0.3) is 0 Å². The second-order valence-electron chi connectivity index (χ2n) is 2.33. The molecule has 0 amide bonds. The van der Waals surface area contributed by atoms with Crippen molar-refractivity contribution >= 4 is 17.6 Å². The van der Waals surface area contributed by atoms with Gasteiger partial charge in [-0.2, -0.15) is 0 Å². The molecule has 14 heavy (non-hydrogen) atoms. The predicted molar refractivity (Wildman–Crippen MR) is 42.8 cm³/mol. The summed E-state index contributed by atoms with van der Waals surface area (Å²) in [5, 5.41) is 16.9. The van der Waals surface area contributed by atoms with E-state index in [4.69, 9.17) is 21.8 Å². The first-order valence-corrected chi connectivity index (χ1v) is 3.71. The normalized spacial score (nSPS) is 10.6. The predicted octanol–water partition coefficient (Wildman–Crippen LogP) is 2.08. The van der Waals surface area contributed by atoms with Gasteiger partial charge in [0.2, 0.25) is 0 Å². The van der Waals surface area contributed by atoms with E-state index in [1.807, 2.05) is 0 Å². The lowest BCUT2D eigenvalue weighted by Gasteiger charge is -2.05. The minimum absolute atomic E-state index is 0.621. The zero-order valence-corrected chi connectivity index (χ0v) is 7.29. The molecule has 0 fully saturated rings. The maximum absolute atomic E-state index is 12.2. The number of carboxylic acid groups (broad SMARTS) is 1. The van der Waals surface area contributed by atoms with Crippen LogP contribution >= 0.6 is 11.6 Å². The van der Waals surface area contributed by atoms with E-state index in [2.05, 4.69) is 4.98 Å². The first kappa shape index (κ1) is 10.6. The topological polar surface area (TPSA) is 70.4 Å². The van der Waals surface area contributed by atoms with Crippen molar-refractivity contribution in [1.82, 2.24) is 4.98 Å². The number of carboxylic acids is 1. The van der Waals surface area contributed by atoms with Crippen molar-refractivity contribution in [2.75, 3.05) is 0 Å². The molecular weight excluding hydrogens is 220 g/mol. The van der Waals surface area contributed by atoms with Gasteiger partial charge in [0.15, 0.2) is 11.4 Å². The molecule has 4 nitrogen and oxygen atoms in total. The van der Waals surface area contributed by atoms with Crippen LogP contribution < -0.4 is 0 Å². The van der Waals surface area contributed by atoms with Gasteiger partial charge in [0.25, 0.3) is 6.43 Å². The zero-order chi connectivity index (χ0) is 10.9. The molecule has 1 heterocycles. The van der Waals surface area contributed by atoms with Gasteiger partial charge in [0.1, 0.15) is 0 Å². The smallest absolute Gasteiger partial charge is 0.358 e. The summed E-state index contributed by atoms with van der Waals surface area (Å²) in [4.78, 5) is 13.5. The standard InChI is InChI=1S/C7H4ClF2NO3/c8-3-2(6(9)10)1-11-4(5(3)12)7(13)14/h1,6,12H,(H,13,14). The van der Waals surface area contributed by atoms with E-state index in [1.165, 1.54) is 0 Å². The van der Waals surface area contributed by atoms with Gasteiger partial charge in [-0.1, -0.05) is 11.6 Å². The molecule has 0 atom stereocenters. The van der Waals surface area contributed by atoms with E-state index in [0.29, 0.717) is 6.20 Å². The number of carbonyl (C=O) groups is 1. The fourth-order valence-electron chi connectivity index (χ4n) is 0.801. The Kier molecular flexibility index (Phi) is 2.85. The number of alkyl halides is 2. The molecule has 0 aliphatic rings. The van der Waals surface area contributed by atoms with Crippen LogP contribution in [0.4, 0.5) is 8.78 Å². The van der Waals surface area contributed by atoms with Crippen LogP contribution in [0.15, 0.2) is 6.20 Å². The molecule has 0 unspecified atom stereocenters. The van der Waals surface area contributed by atoms with E-state index in [9.17, 15) is 13.6 Å². The molecule has 2 N–H and O–H groups in total. The Hall–Kier alpha value is -1.43. The third-order valence-corrected chi connectivity index (χ3v) is 1.85. The molecule has 1 aromatic rings. The SMILES string of the molecule is O=C(O)c1ncc(C(F)F)c(Cl)c1O. The van der Waals surface area contributed by atoms with Crippen molar-refractivity contribution in [3.8, 4) is 5.75 Å². The van der Waals surface area contributed by atoms with Crippen molar-refractivity contribution in [3.05, 3.63) is 22.5 Å². The first-order valence-electron chi connectivity index (χ1n) is 3.34. The second kappa shape index (κ2) is 3.75. The van der Waals surface area contributed by atoms with Gasteiger partial charge in [-0.25, -0.2) is 18.6 Å². The Bertz CT molecular complexity index is 383. The van der Waals surface area contributed by atoms with Gasteiger partial charge in [-0.3, -0.25) is 0 Å². The van der Waals surface area contributed by atoms with Crippen molar-refractivity contribution in [3.63, 3.8) is 0 Å². The maximum atomic E-state index is 12.2. The molecule has 0 bridgehead atoms. The van der Waals surface area contributed by atoms with Gasteiger partial charge in [-0.15, -0.1) is 0 Å². The lowest BCUT2D eigenvalue weighted by atomic mass is 10.2. The molecule has 0 aliphatic carbocycles.